The van der Waals surface area contributed by atoms with Gasteiger partial charge in [-0.3, -0.25) is 14.6 Å². The minimum absolute atomic E-state index is 0.139. The number of benzene rings is 1. The molecule has 34 heavy (non-hydrogen) atoms. The van der Waals surface area contributed by atoms with E-state index < -0.39 is 6.04 Å². The summed E-state index contributed by atoms with van der Waals surface area (Å²) in [7, 11) is 1.61. The molecule has 0 aliphatic rings. The van der Waals surface area contributed by atoms with Gasteiger partial charge in [0.05, 0.1) is 25.4 Å². The number of ether oxygens (including phenoxy) is 1. The molecule has 0 fully saturated rings. The summed E-state index contributed by atoms with van der Waals surface area (Å²) in [5.41, 5.74) is 3.28. The fourth-order valence-electron chi connectivity index (χ4n) is 3.96. The molecule has 2 amide bonds. The van der Waals surface area contributed by atoms with Crippen LogP contribution in [0, 0.1) is 6.92 Å². The smallest absolute Gasteiger partial charge is 0.246 e. The van der Waals surface area contributed by atoms with Gasteiger partial charge in [0.2, 0.25) is 11.8 Å². The first kappa shape index (κ1) is 25.0. The molecule has 2 heterocycles. The molecule has 0 aliphatic heterocycles. The van der Waals surface area contributed by atoms with Gasteiger partial charge >= 0.3 is 0 Å². The fourth-order valence-corrected chi connectivity index (χ4v) is 3.96. The number of fused-ring (bicyclic) bond motifs is 1. The maximum atomic E-state index is 13.0. The maximum absolute atomic E-state index is 13.0. The van der Waals surface area contributed by atoms with Crippen molar-refractivity contribution in [1.29, 1.82) is 0 Å². The van der Waals surface area contributed by atoms with Crippen LogP contribution in [0.4, 0.5) is 5.69 Å². The molecule has 0 saturated heterocycles. The van der Waals surface area contributed by atoms with Crippen LogP contribution in [-0.4, -0.2) is 40.7 Å². The first-order valence-electron chi connectivity index (χ1n) is 11.5. The molecule has 0 unspecified atom stereocenters. The Morgan fingerprint density at radius 2 is 1.97 bits per heavy atom. The van der Waals surface area contributed by atoms with Crippen LogP contribution >= 0.6 is 0 Å². The highest BCUT2D eigenvalue weighted by Crippen LogP contribution is 2.26. The molecule has 1 atom stereocenters. The number of nitrogens with one attached hydrogen (secondary N) is 3. The lowest BCUT2D eigenvalue weighted by Crippen LogP contribution is -2.44. The molecule has 1 aromatic carbocycles. The minimum Gasteiger partial charge on any atom is -0.497 e. The van der Waals surface area contributed by atoms with Crippen molar-refractivity contribution in [3.8, 4) is 5.75 Å². The molecular formula is C26H32N4O4. The van der Waals surface area contributed by atoms with Crippen LogP contribution in [0.5, 0.6) is 5.75 Å². The van der Waals surface area contributed by atoms with E-state index in [2.05, 4.69) is 20.6 Å². The number of carbonyl (C=O) groups is 3. The number of rotatable bonds is 12. The van der Waals surface area contributed by atoms with E-state index in [4.69, 9.17) is 4.74 Å². The van der Waals surface area contributed by atoms with Gasteiger partial charge in [-0.2, -0.15) is 0 Å². The highest BCUT2D eigenvalue weighted by molar-refractivity contribution is 5.98. The van der Waals surface area contributed by atoms with Crippen LogP contribution in [0.15, 0.2) is 42.7 Å². The lowest BCUT2D eigenvalue weighted by molar-refractivity contribution is -0.126. The average molecular weight is 465 g/mol. The van der Waals surface area contributed by atoms with Crippen molar-refractivity contribution in [2.75, 3.05) is 12.4 Å². The number of nitrogens with zero attached hydrogens (tertiary/aromatic N) is 1. The van der Waals surface area contributed by atoms with E-state index in [1.807, 2.05) is 25.1 Å². The summed E-state index contributed by atoms with van der Waals surface area (Å²) in [6, 6.07) is 8.49. The fraction of sp³-hybridized carbons (Fsp3) is 0.385. The average Bonchev–Trinajstić information content (AvgIpc) is 3.12. The molecule has 0 bridgehead atoms. The van der Waals surface area contributed by atoms with Crippen molar-refractivity contribution in [3.63, 3.8) is 0 Å². The molecular weight excluding hydrogens is 432 g/mol. The Labute approximate surface area is 199 Å². The van der Waals surface area contributed by atoms with Crippen LogP contribution < -0.4 is 15.4 Å². The number of aryl methyl sites for hydroxylation is 1. The van der Waals surface area contributed by atoms with Gasteiger partial charge in [0.1, 0.15) is 17.6 Å². The summed E-state index contributed by atoms with van der Waals surface area (Å²) < 4.78 is 5.33. The third kappa shape index (κ3) is 6.91. The number of hydrogen-bond acceptors (Lipinski definition) is 5. The molecule has 0 radical (unpaired) electrons. The number of carbonyl (C=O) groups excluding carboxylic acids is 3. The van der Waals surface area contributed by atoms with Gasteiger partial charge in [-0.15, -0.1) is 0 Å². The van der Waals surface area contributed by atoms with Crippen molar-refractivity contribution in [2.24, 2.45) is 0 Å². The zero-order chi connectivity index (χ0) is 24.5. The van der Waals surface area contributed by atoms with E-state index in [1.165, 1.54) is 0 Å². The van der Waals surface area contributed by atoms with E-state index in [9.17, 15) is 14.4 Å². The number of aromatic nitrogens is 2. The number of aromatic amines is 1. The monoisotopic (exact) mass is 464 g/mol. The van der Waals surface area contributed by atoms with Gasteiger partial charge in [-0.25, -0.2) is 0 Å². The summed E-state index contributed by atoms with van der Waals surface area (Å²) in [4.78, 5) is 44.5. The second-order valence-electron chi connectivity index (χ2n) is 8.47. The molecule has 8 nitrogen and oxygen atoms in total. The Morgan fingerprint density at radius 1 is 1.15 bits per heavy atom. The highest BCUT2D eigenvalue weighted by atomic mass is 16.5. The van der Waals surface area contributed by atoms with Crippen molar-refractivity contribution >= 4 is 34.2 Å². The topological polar surface area (TPSA) is 113 Å². The van der Waals surface area contributed by atoms with Crippen LogP contribution in [0.1, 0.15) is 50.3 Å². The van der Waals surface area contributed by atoms with Crippen LogP contribution in [-0.2, 0) is 20.8 Å². The molecule has 8 heteroatoms. The molecule has 0 aliphatic carbocycles. The van der Waals surface area contributed by atoms with E-state index in [-0.39, 0.29) is 24.0 Å². The normalized spacial score (nSPS) is 11.7. The van der Waals surface area contributed by atoms with Gasteiger partial charge in [-0.1, -0.05) is 12.8 Å². The van der Waals surface area contributed by atoms with Gasteiger partial charge in [-0.05, 0) is 62.6 Å². The van der Waals surface area contributed by atoms with Crippen molar-refractivity contribution in [3.05, 3.63) is 54.0 Å². The molecule has 0 saturated carbocycles. The SMILES string of the molecule is COc1ccc2[nH]c(C)c(CC(=O)N[C@@H](CCCCCC(C)=O)C(=O)Nc3cccnc3)c2c1. The van der Waals surface area contributed by atoms with Crippen LogP contribution in [0.2, 0.25) is 0 Å². The van der Waals surface area contributed by atoms with Gasteiger partial charge in [0.15, 0.2) is 0 Å². The largest absolute Gasteiger partial charge is 0.497 e. The molecule has 3 aromatic rings. The number of anilines is 1. The van der Waals surface area contributed by atoms with Crippen molar-refractivity contribution in [1.82, 2.24) is 15.3 Å². The maximum Gasteiger partial charge on any atom is 0.246 e. The molecule has 0 spiro atoms. The summed E-state index contributed by atoms with van der Waals surface area (Å²) in [6.45, 7) is 3.50. The number of amides is 2. The quantitative estimate of drug-likeness (QED) is 0.350. The Hall–Kier alpha value is -3.68. The number of unbranched alkanes of at least 4 members (excludes halogenated alkanes) is 2. The first-order valence-corrected chi connectivity index (χ1v) is 11.5. The van der Waals surface area contributed by atoms with E-state index in [0.29, 0.717) is 24.3 Å². The number of methoxy groups -OCH3 is 1. The molecule has 2 aromatic heterocycles. The van der Waals surface area contributed by atoms with E-state index in [1.54, 1.807) is 38.6 Å². The zero-order valence-electron chi connectivity index (χ0n) is 19.9. The summed E-state index contributed by atoms with van der Waals surface area (Å²) in [5.74, 6) is 0.351. The van der Waals surface area contributed by atoms with Gasteiger partial charge < -0.3 is 25.1 Å². The summed E-state index contributed by atoms with van der Waals surface area (Å²) >= 11 is 0. The summed E-state index contributed by atoms with van der Waals surface area (Å²) in [6.07, 6.45) is 6.65. The third-order valence-corrected chi connectivity index (χ3v) is 5.77. The van der Waals surface area contributed by atoms with E-state index >= 15 is 0 Å². The zero-order valence-corrected chi connectivity index (χ0v) is 19.9. The highest BCUT2D eigenvalue weighted by Gasteiger charge is 2.22. The Balaban J connectivity index is 1.69. The number of Topliss-reactive ketones (excluding diaryl/α,β-unsaturated/α-hetero) is 1. The Kier molecular flexibility index (Phi) is 8.79. The van der Waals surface area contributed by atoms with Gasteiger partial charge in [0, 0.05) is 29.2 Å². The predicted octanol–water partition coefficient (Wildman–Crippen LogP) is 4.09. The second-order valence-corrected chi connectivity index (χ2v) is 8.47. The van der Waals surface area contributed by atoms with Crippen LogP contribution in [0.3, 0.4) is 0 Å². The number of ketones is 1. The lowest BCUT2D eigenvalue weighted by Gasteiger charge is -2.18. The number of hydrogen-bond donors (Lipinski definition) is 3. The second kappa shape index (κ2) is 12.0. The summed E-state index contributed by atoms with van der Waals surface area (Å²) in [5, 5.41) is 6.66. The van der Waals surface area contributed by atoms with E-state index in [0.717, 1.165) is 41.4 Å². The number of pyridine rings is 1. The third-order valence-electron chi connectivity index (χ3n) is 5.77. The molecule has 3 N–H and O–H groups in total. The minimum atomic E-state index is -0.690. The number of H-pyrrole nitrogens is 1. The Bertz CT molecular complexity index is 1140. The molecule has 180 valence electrons. The first-order chi connectivity index (χ1) is 16.4. The Morgan fingerprint density at radius 3 is 2.68 bits per heavy atom. The predicted molar refractivity (Wildman–Crippen MR) is 132 cm³/mol. The van der Waals surface area contributed by atoms with Crippen molar-refractivity contribution < 1.29 is 19.1 Å². The van der Waals surface area contributed by atoms with Crippen molar-refractivity contribution in [2.45, 2.75) is 58.4 Å². The van der Waals surface area contributed by atoms with Gasteiger partial charge in [0.25, 0.3) is 0 Å². The van der Waals surface area contributed by atoms with Crippen LogP contribution in [0.25, 0.3) is 10.9 Å². The molecule has 3 rings (SSSR count). The standard InChI is InChI=1S/C26H32N4O4/c1-17(31)8-5-4-6-10-24(26(33)29-19-9-7-13-27-16-19)30-25(32)15-21-18(2)28-23-12-11-20(34-3)14-22(21)23/h7,9,11-14,16,24,28H,4-6,8,10,15H2,1-3H3,(H,29,33)(H,30,32)/t24-/m0/s1. The lowest BCUT2D eigenvalue weighted by atomic mass is 10.0.